The highest BCUT2D eigenvalue weighted by molar-refractivity contribution is 8.18. The highest BCUT2D eigenvalue weighted by Crippen LogP contribution is 2.41. The van der Waals surface area contributed by atoms with E-state index in [1.165, 1.54) is 11.8 Å². The lowest BCUT2D eigenvalue weighted by atomic mass is 10.1. The lowest BCUT2D eigenvalue weighted by Crippen LogP contribution is -2.12. The van der Waals surface area contributed by atoms with Gasteiger partial charge in [0.2, 0.25) is 0 Å². The molecule has 0 fully saturated rings. The van der Waals surface area contributed by atoms with E-state index in [1.54, 1.807) is 37.3 Å². The fraction of sp³-hybridized carbons (Fsp3) is 0.182. The monoisotopic (exact) mass is 463 g/mol. The normalized spacial score (nSPS) is 16.4. The van der Waals surface area contributed by atoms with E-state index in [9.17, 15) is 9.90 Å². The number of aliphatic hydroxyl groups is 1. The van der Waals surface area contributed by atoms with Gasteiger partial charge in [0.25, 0.3) is 0 Å². The third kappa shape index (κ3) is 5.01. The Kier molecular flexibility index (Phi) is 7.48. The fourth-order valence-electron chi connectivity index (χ4n) is 2.71. The quantitative estimate of drug-likeness (QED) is 0.489. The maximum atomic E-state index is 12.5. The number of para-hydroxylation sites is 1. The van der Waals surface area contributed by atoms with Crippen LogP contribution in [-0.4, -0.2) is 29.3 Å². The molecule has 0 saturated heterocycles. The zero-order chi connectivity index (χ0) is 21.7. The number of esters is 1. The van der Waals surface area contributed by atoms with Crippen LogP contribution in [-0.2, 0) is 9.53 Å². The first kappa shape index (κ1) is 22.3. The number of aliphatic imine (C=N–C) groups is 1. The van der Waals surface area contributed by atoms with Crippen molar-refractivity contribution in [1.29, 1.82) is 0 Å². The number of nitrogens with zero attached hydrogens (tertiary/aromatic N) is 1. The summed E-state index contributed by atoms with van der Waals surface area (Å²) in [5.74, 6) is -0.432. The smallest absolute Gasteiger partial charge is 0.344 e. The molecule has 1 heterocycles. The summed E-state index contributed by atoms with van der Waals surface area (Å²) in [6.07, 6.45) is 1.68. The van der Waals surface area contributed by atoms with Gasteiger partial charge in [0.05, 0.1) is 33.9 Å². The number of halogens is 2. The average Bonchev–Trinajstić information content (AvgIpc) is 3.00. The van der Waals surface area contributed by atoms with Gasteiger partial charge in [0.15, 0.2) is 5.75 Å². The molecule has 30 heavy (non-hydrogen) atoms. The van der Waals surface area contributed by atoms with E-state index in [2.05, 4.69) is 4.99 Å². The number of thioether (sulfide) groups is 1. The van der Waals surface area contributed by atoms with Crippen LogP contribution in [0.25, 0.3) is 6.08 Å². The molecule has 2 aromatic carbocycles. The third-order valence-electron chi connectivity index (χ3n) is 3.96. The first-order chi connectivity index (χ1) is 14.4. The van der Waals surface area contributed by atoms with Gasteiger partial charge in [-0.05, 0) is 49.8 Å². The molecular weight excluding hydrogens is 445 g/mol. The minimum absolute atomic E-state index is 0.0279. The van der Waals surface area contributed by atoms with E-state index in [1.807, 2.05) is 25.1 Å². The minimum atomic E-state index is -0.636. The van der Waals surface area contributed by atoms with Crippen LogP contribution < -0.4 is 4.74 Å². The number of rotatable bonds is 6. The van der Waals surface area contributed by atoms with Gasteiger partial charge in [-0.3, -0.25) is 0 Å². The zero-order valence-corrected chi connectivity index (χ0v) is 18.6. The van der Waals surface area contributed by atoms with Crippen molar-refractivity contribution in [2.45, 2.75) is 13.8 Å². The van der Waals surface area contributed by atoms with E-state index < -0.39 is 5.97 Å². The molecule has 0 radical (unpaired) electrons. The summed E-state index contributed by atoms with van der Waals surface area (Å²) >= 11 is 13.7. The van der Waals surface area contributed by atoms with Gasteiger partial charge in [-0.15, -0.1) is 0 Å². The van der Waals surface area contributed by atoms with Crippen LogP contribution in [0.1, 0.15) is 19.4 Å². The van der Waals surface area contributed by atoms with Crippen molar-refractivity contribution >= 4 is 57.7 Å². The Hall–Kier alpha value is -2.41. The van der Waals surface area contributed by atoms with Crippen LogP contribution in [0.2, 0.25) is 10.0 Å². The van der Waals surface area contributed by atoms with E-state index in [-0.39, 0.29) is 17.9 Å². The van der Waals surface area contributed by atoms with Gasteiger partial charge < -0.3 is 14.6 Å². The molecule has 0 atom stereocenters. The first-order valence-electron chi connectivity index (χ1n) is 9.20. The van der Waals surface area contributed by atoms with Crippen molar-refractivity contribution in [1.82, 2.24) is 0 Å². The second kappa shape index (κ2) is 10.1. The lowest BCUT2D eigenvalue weighted by Gasteiger charge is -2.09. The molecule has 0 aromatic heterocycles. The van der Waals surface area contributed by atoms with E-state index in [0.717, 1.165) is 0 Å². The molecule has 5 nitrogen and oxygen atoms in total. The van der Waals surface area contributed by atoms with Gasteiger partial charge in [-0.2, -0.15) is 0 Å². The highest BCUT2D eigenvalue weighted by Gasteiger charge is 2.33. The molecule has 0 spiro atoms. The molecule has 0 aliphatic carbocycles. The van der Waals surface area contributed by atoms with E-state index >= 15 is 0 Å². The Balaban J connectivity index is 2.03. The van der Waals surface area contributed by atoms with Crippen LogP contribution in [0, 0.1) is 0 Å². The van der Waals surface area contributed by atoms with Crippen LogP contribution in [0.3, 0.4) is 0 Å². The van der Waals surface area contributed by atoms with Gasteiger partial charge in [0, 0.05) is 0 Å². The predicted molar refractivity (Wildman–Crippen MR) is 123 cm³/mol. The molecule has 0 bridgehead atoms. The SMILES string of the molecule is CCOC(=O)C1=C(O)/C(=C/c2cc(Cl)c(OCC)c(Cl)c2)SC1=Nc1ccccc1. The van der Waals surface area contributed by atoms with Crippen LogP contribution in [0.5, 0.6) is 5.75 Å². The summed E-state index contributed by atoms with van der Waals surface area (Å²) in [6, 6.07) is 12.5. The van der Waals surface area contributed by atoms with Gasteiger partial charge in [-0.1, -0.05) is 53.2 Å². The van der Waals surface area contributed by atoms with Crippen LogP contribution >= 0.6 is 35.0 Å². The molecule has 0 amide bonds. The topological polar surface area (TPSA) is 68.1 Å². The number of carbonyl (C=O) groups excluding carboxylic acids is 1. The lowest BCUT2D eigenvalue weighted by molar-refractivity contribution is -0.138. The number of hydrogen-bond acceptors (Lipinski definition) is 6. The molecule has 0 saturated carbocycles. The Morgan fingerprint density at radius 3 is 2.40 bits per heavy atom. The second-order valence-electron chi connectivity index (χ2n) is 6.05. The molecule has 3 rings (SSSR count). The maximum Gasteiger partial charge on any atom is 0.344 e. The highest BCUT2D eigenvalue weighted by atomic mass is 35.5. The van der Waals surface area contributed by atoms with E-state index in [0.29, 0.717) is 43.6 Å². The predicted octanol–water partition coefficient (Wildman–Crippen LogP) is 6.59. The van der Waals surface area contributed by atoms with Crippen LogP contribution in [0.15, 0.2) is 63.7 Å². The Labute approximate surface area is 189 Å². The molecule has 1 aliphatic rings. The van der Waals surface area contributed by atoms with Crippen molar-refractivity contribution < 1.29 is 19.4 Å². The number of carbonyl (C=O) groups is 1. The summed E-state index contributed by atoms with van der Waals surface area (Å²) in [6.45, 7) is 4.15. The van der Waals surface area contributed by atoms with Crippen molar-refractivity contribution in [2.24, 2.45) is 4.99 Å². The summed E-state index contributed by atoms with van der Waals surface area (Å²) in [4.78, 5) is 17.4. The third-order valence-corrected chi connectivity index (χ3v) is 5.55. The van der Waals surface area contributed by atoms with Gasteiger partial charge in [-0.25, -0.2) is 9.79 Å². The molecular formula is C22H19Cl2NO4S. The number of benzene rings is 2. The summed E-state index contributed by atoms with van der Waals surface area (Å²) < 4.78 is 10.6. The molecule has 0 unspecified atom stereocenters. The Morgan fingerprint density at radius 2 is 1.80 bits per heavy atom. The van der Waals surface area contributed by atoms with Crippen molar-refractivity contribution in [2.75, 3.05) is 13.2 Å². The number of ether oxygens (including phenoxy) is 2. The largest absolute Gasteiger partial charge is 0.506 e. The summed E-state index contributed by atoms with van der Waals surface area (Å²) in [5, 5.41) is 11.8. The van der Waals surface area contributed by atoms with Crippen molar-refractivity contribution in [3.05, 3.63) is 74.3 Å². The number of hydrogen-bond donors (Lipinski definition) is 1. The van der Waals surface area contributed by atoms with Crippen molar-refractivity contribution in [3.63, 3.8) is 0 Å². The Bertz CT molecular complexity index is 1030. The first-order valence-corrected chi connectivity index (χ1v) is 10.8. The second-order valence-corrected chi connectivity index (χ2v) is 7.90. The maximum absolute atomic E-state index is 12.5. The Morgan fingerprint density at radius 1 is 1.13 bits per heavy atom. The van der Waals surface area contributed by atoms with Crippen LogP contribution in [0.4, 0.5) is 5.69 Å². The summed E-state index contributed by atoms with van der Waals surface area (Å²) in [5.41, 5.74) is 1.33. The zero-order valence-electron chi connectivity index (χ0n) is 16.3. The molecule has 156 valence electrons. The van der Waals surface area contributed by atoms with Gasteiger partial charge >= 0.3 is 5.97 Å². The minimum Gasteiger partial charge on any atom is -0.506 e. The molecule has 1 N–H and O–H groups in total. The van der Waals surface area contributed by atoms with Gasteiger partial charge in [0.1, 0.15) is 16.4 Å². The van der Waals surface area contributed by atoms with E-state index in [4.69, 9.17) is 32.7 Å². The fourth-order valence-corrected chi connectivity index (χ4v) is 4.36. The number of aliphatic hydroxyl groups excluding tert-OH is 1. The molecule has 1 aliphatic heterocycles. The standard InChI is InChI=1S/C22H19Cl2NO4S/c1-3-28-20-15(23)10-13(11-16(20)24)12-17-19(26)18(22(27)29-4-2)21(30-17)25-14-8-6-5-7-9-14/h5-12,26H,3-4H2,1-2H3/b17-12-,25-21?. The van der Waals surface area contributed by atoms with Crippen molar-refractivity contribution in [3.8, 4) is 5.75 Å². The molecule has 2 aromatic rings. The molecule has 8 heteroatoms. The average molecular weight is 464 g/mol. The summed E-state index contributed by atoms with van der Waals surface area (Å²) in [7, 11) is 0.